The molecule has 1 atom stereocenters. The summed E-state index contributed by atoms with van der Waals surface area (Å²) >= 11 is 0. The fourth-order valence-electron chi connectivity index (χ4n) is 3.42. The zero-order valence-corrected chi connectivity index (χ0v) is 15.0. The molecular weight excluding hydrogens is 345 g/mol. The number of anilines is 2. The first-order chi connectivity index (χ1) is 11.6. The lowest BCUT2D eigenvalue weighted by atomic mass is 9.88. The maximum atomic E-state index is 14.0. The molecule has 1 aliphatic carbocycles. The van der Waals surface area contributed by atoms with E-state index in [9.17, 15) is 14.0 Å². The lowest BCUT2D eigenvalue weighted by molar-refractivity contribution is -0.121. The molecule has 3 N–H and O–H groups in total. The van der Waals surface area contributed by atoms with Crippen molar-refractivity contribution >= 4 is 35.6 Å². The summed E-state index contributed by atoms with van der Waals surface area (Å²) in [6, 6.07) is 4.29. The predicted molar refractivity (Wildman–Crippen MR) is 98.5 cm³/mol. The first-order valence-corrected chi connectivity index (χ1v) is 8.75. The second-order valence-electron chi connectivity index (χ2n) is 6.70. The molecule has 1 aromatic rings. The first-order valence-electron chi connectivity index (χ1n) is 8.75. The minimum absolute atomic E-state index is 0. The molecule has 2 aliphatic rings. The summed E-state index contributed by atoms with van der Waals surface area (Å²) < 4.78 is 14.0. The smallest absolute Gasteiger partial charge is 0.228 e. The van der Waals surface area contributed by atoms with Crippen LogP contribution in [0.3, 0.4) is 0 Å². The molecule has 2 amide bonds. The molecule has 0 bridgehead atoms. The summed E-state index contributed by atoms with van der Waals surface area (Å²) in [4.78, 5) is 24.4. The number of carbonyl (C=O) groups excluding carboxylic acids is 2. The van der Waals surface area contributed by atoms with Crippen LogP contribution < -0.4 is 16.0 Å². The van der Waals surface area contributed by atoms with Crippen LogP contribution in [-0.4, -0.2) is 24.9 Å². The van der Waals surface area contributed by atoms with Gasteiger partial charge >= 0.3 is 0 Å². The van der Waals surface area contributed by atoms with Gasteiger partial charge in [-0.25, -0.2) is 4.39 Å². The summed E-state index contributed by atoms with van der Waals surface area (Å²) in [6.45, 7) is 1.50. The molecule has 0 radical (unpaired) electrons. The maximum Gasteiger partial charge on any atom is 0.228 e. The van der Waals surface area contributed by atoms with Crippen LogP contribution in [0.5, 0.6) is 0 Å². The number of carbonyl (C=O) groups is 2. The summed E-state index contributed by atoms with van der Waals surface area (Å²) in [7, 11) is 0. The van der Waals surface area contributed by atoms with Crippen LogP contribution in [0.4, 0.5) is 15.8 Å². The molecule has 1 saturated carbocycles. The van der Waals surface area contributed by atoms with Gasteiger partial charge in [0.05, 0.1) is 11.6 Å². The van der Waals surface area contributed by atoms with E-state index in [0.29, 0.717) is 12.2 Å². The highest BCUT2D eigenvalue weighted by molar-refractivity contribution is 5.96. The van der Waals surface area contributed by atoms with Gasteiger partial charge < -0.3 is 16.0 Å². The van der Waals surface area contributed by atoms with Crippen molar-refractivity contribution in [2.45, 2.75) is 38.5 Å². The fraction of sp³-hybridized carbons (Fsp3) is 0.556. The molecule has 0 spiro atoms. The van der Waals surface area contributed by atoms with E-state index in [1.54, 1.807) is 0 Å². The molecule has 7 heteroatoms. The minimum atomic E-state index is -0.486. The monoisotopic (exact) mass is 369 g/mol. The SMILES string of the molecule is Cl.O=C(Nc1ccc(F)c(NC(=O)C2CCCCC2)c1)C1CCNC1. The van der Waals surface area contributed by atoms with Crippen molar-refractivity contribution in [2.75, 3.05) is 23.7 Å². The highest BCUT2D eigenvalue weighted by atomic mass is 35.5. The van der Waals surface area contributed by atoms with Crippen molar-refractivity contribution in [3.63, 3.8) is 0 Å². The zero-order valence-electron chi connectivity index (χ0n) is 14.1. The molecular formula is C18H25ClFN3O2. The highest BCUT2D eigenvalue weighted by Gasteiger charge is 2.24. The molecule has 3 rings (SSSR count). The Balaban J connectivity index is 0.00000225. The Labute approximate surface area is 153 Å². The van der Waals surface area contributed by atoms with Crippen LogP contribution in [-0.2, 0) is 9.59 Å². The Morgan fingerprint density at radius 1 is 1.00 bits per heavy atom. The predicted octanol–water partition coefficient (Wildman–Crippen LogP) is 3.31. The molecule has 5 nitrogen and oxygen atoms in total. The molecule has 1 saturated heterocycles. The zero-order chi connectivity index (χ0) is 16.9. The van der Waals surface area contributed by atoms with Crippen LogP contribution in [0.25, 0.3) is 0 Å². The fourth-order valence-corrected chi connectivity index (χ4v) is 3.42. The maximum absolute atomic E-state index is 14.0. The van der Waals surface area contributed by atoms with Gasteiger partial charge in [-0.1, -0.05) is 19.3 Å². The van der Waals surface area contributed by atoms with Gasteiger partial charge in [0.25, 0.3) is 0 Å². The molecule has 1 unspecified atom stereocenters. The van der Waals surface area contributed by atoms with Crippen molar-refractivity contribution < 1.29 is 14.0 Å². The number of rotatable bonds is 4. The van der Waals surface area contributed by atoms with E-state index in [-0.39, 0.29) is 41.7 Å². The van der Waals surface area contributed by atoms with Gasteiger partial charge in [0.15, 0.2) is 0 Å². The average Bonchev–Trinajstić information content (AvgIpc) is 3.13. The van der Waals surface area contributed by atoms with Crippen molar-refractivity contribution in [3.05, 3.63) is 24.0 Å². The molecule has 138 valence electrons. The number of hydrogen-bond acceptors (Lipinski definition) is 3. The van der Waals surface area contributed by atoms with Crippen LogP contribution in [0, 0.1) is 17.7 Å². The summed E-state index contributed by atoms with van der Waals surface area (Å²) in [5.74, 6) is -0.788. The van der Waals surface area contributed by atoms with Gasteiger partial charge in [0.2, 0.25) is 11.8 Å². The molecule has 1 aromatic carbocycles. The number of hydrogen-bond donors (Lipinski definition) is 3. The highest BCUT2D eigenvalue weighted by Crippen LogP contribution is 2.27. The van der Waals surface area contributed by atoms with E-state index in [1.165, 1.54) is 18.2 Å². The van der Waals surface area contributed by atoms with Crippen LogP contribution in [0.2, 0.25) is 0 Å². The lowest BCUT2D eigenvalue weighted by Gasteiger charge is -2.21. The van der Waals surface area contributed by atoms with E-state index in [0.717, 1.165) is 45.1 Å². The summed E-state index contributed by atoms with van der Waals surface area (Å²) in [6.07, 6.45) is 5.78. The summed E-state index contributed by atoms with van der Waals surface area (Å²) in [5, 5.41) is 8.64. The van der Waals surface area contributed by atoms with Crippen molar-refractivity contribution in [2.24, 2.45) is 11.8 Å². The van der Waals surface area contributed by atoms with Crippen molar-refractivity contribution in [1.82, 2.24) is 5.32 Å². The van der Waals surface area contributed by atoms with E-state index in [1.807, 2.05) is 0 Å². The second kappa shape index (κ2) is 9.15. The quantitative estimate of drug-likeness (QED) is 0.762. The average molecular weight is 370 g/mol. The van der Waals surface area contributed by atoms with E-state index in [4.69, 9.17) is 0 Å². The first kappa shape index (κ1) is 19.7. The van der Waals surface area contributed by atoms with Crippen molar-refractivity contribution in [1.29, 1.82) is 0 Å². The van der Waals surface area contributed by atoms with Gasteiger partial charge in [0.1, 0.15) is 5.82 Å². The third kappa shape index (κ3) is 5.16. The normalized spacial score (nSPS) is 20.6. The molecule has 2 fully saturated rings. The Morgan fingerprint density at radius 2 is 1.72 bits per heavy atom. The number of nitrogens with one attached hydrogen (secondary N) is 3. The van der Waals surface area contributed by atoms with E-state index in [2.05, 4.69) is 16.0 Å². The number of amides is 2. The van der Waals surface area contributed by atoms with Crippen LogP contribution in [0.15, 0.2) is 18.2 Å². The van der Waals surface area contributed by atoms with Gasteiger partial charge in [-0.05, 0) is 44.0 Å². The largest absolute Gasteiger partial charge is 0.326 e. The Hall–Kier alpha value is -1.66. The Bertz CT molecular complexity index is 614. The summed E-state index contributed by atoms with van der Waals surface area (Å²) in [5.41, 5.74) is 0.639. The second-order valence-corrected chi connectivity index (χ2v) is 6.70. The van der Waals surface area contributed by atoms with E-state index < -0.39 is 5.82 Å². The van der Waals surface area contributed by atoms with Crippen LogP contribution in [0.1, 0.15) is 38.5 Å². The third-order valence-electron chi connectivity index (χ3n) is 4.90. The minimum Gasteiger partial charge on any atom is -0.326 e. The van der Waals surface area contributed by atoms with Gasteiger partial charge in [-0.3, -0.25) is 9.59 Å². The molecule has 0 aromatic heterocycles. The molecule has 1 heterocycles. The van der Waals surface area contributed by atoms with Gasteiger partial charge in [-0.2, -0.15) is 0 Å². The van der Waals surface area contributed by atoms with E-state index >= 15 is 0 Å². The van der Waals surface area contributed by atoms with Gasteiger partial charge in [-0.15, -0.1) is 12.4 Å². The topological polar surface area (TPSA) is 70.2 Å². The Morgan fingerprint density at radius 3 is 2.40 bits per heavy atom. The number of benzene rings is 1. The standard InChI is InChI=1S/C18H24FN3O2.ClH/c19-15-7-6-14(21-18(24)13-8-9-20-11-13)10-16(15)22-17(23)12-4-2-1-3-5-12;/h6-7,10,12-13,20H,1-5,8-9,11H2,(H,21,24)(H,22,23);1H. The van der Waals surface area contributed by atoms with Crippen LogP contribution >= 0.6 is 12.4 Å². The van der Waals surface area contributed by atoms with Crippen molar-refractivity contribution in [3.8, 4) is 0 Å². The Kier molecular flexibility index (Phi) is 7.20. The molecule has 25 heavy (non-hydrogen) atoms. The lowest BCUT2D eigenvalue weighted by Crippen LogP contribution is -2.26. The van der Waals surface area contributed by atoms with Gasteiger partial charge in [0, 0.05) is 18.2 Å². The molecule has 1 aliphatic heterocycles. The number of halogens is 2. The third-order valence-corrected chi connectivity index (χ3v) is 4.90.